The van der Waals surface area contributed by atoms with Gasteiger partial charge < -0.3 is 15.0 Å². The molecule has 8 nitrogen and oxygen atoms in total. The summed E-state index contributed by atoms with van der Waals surface area (Å²) in [5.41, 5.74) is 1.13. The van der Waals surface area contributed by atoms with Crippen molar-refractivity contribution in [2.75, 3.05) is 16.8 Å². The van der Waals surface area contributed by atoms with E-state index in [4.69, 9.17) is 4.74 Å². The minimum absolute atomic E-state index is 0.00206. The van der Waals surface area contributed by atoms with Crippen molar-refractivity contribution in [3.63, 3.8) is 0 Å². The van der Waals surface area contributed by atoms with E-state index in [9.17, 15) is 32.3 Å². The highest BCUT2D eigenvalue weighted by Crippen LogP contribution is 2.68. The second-order valence-corrected chi connectivity index (χ2v) is 15.0. The number of ether oxygens (including phenoxy) is 1. The maximum atomic E-state index is 14.0. The van der Waals surface area contributed by atoms with Crippen LogP contribution >= 0.6 is 23.1 Å². The number of amides is 3. The number of aromatic amines is 1. The average Bonchev–Trinajstić information content (AvgIpc) is 3.79. The monoisotopic (exact) mass is 691 g/mol. The molecular weight excluding hydrogens is 664 g/mol. The number of aryl methyl sites for hydroxylation is 1. The van der Waals surface area contributed by atoms with Gasteiger partial charge in [0, 0.05) is 16.0 Å². The number of thioether (sulfide) groups is 1. The van der Waals surface area contributed by atoms with Gasteiger partial charge in [-0.15, -0.1) is 11.8 Å². The fourth-order valence-corrected chi connectivity index (χ4v) is 11.2. The smallest absolute Gasteiger partial charge is 0.418 e. The zero-order valence-electron chi connectivity index (χ0n) is 25.3. The van der Waals surface area contributed by atoms with Gasteiger partial charge in [0.2, 0.25) is 11.8 Å². The van der Waals surface area contributed by atoms with E-state index < -0.39 is 36.1 Å². The lowest BCUT2D eigenvalue weighted by molar-refractivity contribution is -0.137. The average molecular weight is 692 g/mol. The number of halogens is 3. The number of nitrogens with zero attached hydrogens (tertiary/aromatic N) is 1. The number of H-pyrrole nitrogens is 1. The largest absolute Gasteiger partial charge is 0.484 e. The van der Waals surface area contributed by atoms with Crippen molar-refractivity contribution in [2.24, 2.45) is 29.6 Å². The van der Waals surface area contributed by atoms with Gasteiger partial charge in [-0.25, -0.2) is 0 Å². The van der Waals surface area contributed by atoms with E-state index in [0.29, 0.717) is 11.4 Å². The molecule has 2 N–H and O–H groups in total. The number of carbonyl (C=O) groups is 3. The molecular formula is C35H28F3N3O5S2. The standard InChI is InChI=1S/C35H28F3N3O5S2/c1-16-9-11-18(12-10-16)41-32(43)27-20-14-21(28(27)33(41)44)29-26(20)25(30-31(47-29)40-34(45)48-30)17-5-4-6-19(13-17)46-15-24(42)39-23-8-3-2-7-22(23)35(36,37)38/h2-13,20-21,25-29H,14-15H2,1H3,(H,39,42)(H,40,45)/t20-,21-,25-,26?,27?,28?,29?/m1/s1. The molecule has 2 aliphatic carbocycles. The number of alkyl halides is 3. The van der Waals surface area contributed by atoms with Crippen LogP contribution in [0.3, 0.4) is 0 Å². The molecule has 0 spiro atoms. The Morgan fingerprint density at radius 3 is 2.46 bits per heavy atom. The quantitative estimate of drug-likeness (QED) is 0.225. The number of hydrogen-bond donors (Lipinski definition) is 2. The Bertz CT molecular complexity index is 2030. The Kier molecular flexibility index (Phi) is 7.33. The number of benzene rings is 3. The van der Waals surface area contributed by atoms with E-state index in [0.717, 1.165) is 44.9 Å². The summed E-state index contributed by atoms with van der Waals surface area (Å²) in [6.07, 6.45) is -3.89. The number of fused-ring (bicyclic) bond motifs is 9. The van der Waals surface area contributed by atoms with Crippen LogP contribution in [0.15, 0.2) is 82.6 Å². The highest BCUT2D eigenvalue weighted by atomic mass is 32.2. The molecule has 2 bridgehead atoms. The van der Waals surface area contributed by atoms with Crippen LogP contribution in [0.25, 0.3) is 0 Å². The third kappa shape index (κ3) is 4.97. The predicted octanol–water partition coefficient (Wildman–Crippen LogP) is 6.46. The maximum absolute atomic E-state index is 14.0. The van der Waals surface area contributed by atoms with Gasteiger partial charge in [0.15, 0.2) is 6.61 Å². The van der Waals surface area contributed by atoms with Crippen LogP contribution in [0.4, 0.5) is 24.5 Å². The number of hydrogen-bond acceptors (Lipinski definition) is 7. The maximum Gasteiger partial charge on any atom is 0.418 e. The van der Waals surface area contributed by atoms with E-state index in [2.05, 4.69) is 10.3 Å². The molecule has 4 unspecified atom stereocenters. The molecule has 4 aromatic rings. The summed E-state index contributed by atoms with van der Waals surface area (Å²) < 4.78 is 46.0. The van der Waals surface area contributed by atoms with Crippen LogP contribution in [0.5, 0.6) is 5.75 Å². The highest BCUT2D eigenvalue weighted by molar-refractivity contribution is 8.00. The minimum atomic E-state index is -4.63. The number of nitrogens with one attached hydrogen (secondary N) is 2. The molecule has 3 heterocycles. The first kappa shape index (κ1) is 30.9. The van der Waals surface area contributed by atoms with Crippen LogP contribution in [-0.2, 0) is 20.6 Å². The first-order valence-electron chi connectivity index (χ1n) is 15.5. The Balaban J connectivity index is 1.07. The number of rotatable bonds is 6. The molecule has 13 heteroatoms. The van der Waals surface area contributed by atoms with Crippen LogP contribution in [-0.4, -0.2) is 34.6 Å². The lowest BCUT2D eigenvalue weighted by Crippen LogP contribution is -2.42. The fraction of sp³-hybridized carbons (Fsp3) is 0.314. The Hall–Kier alpha value is -4.36. The van der Waals surface area contributed by atoms with Crippen LogP contribution in [0, 0.1) is 36.5 Å². The van der Waals surface area contributed by atoms with E-state index in [1.165, 1.54) is 23.1 Å². The Labute approximate surface area is 280 Å². The molecule has 2 saturated carbocycles. The molecule has 246 valence electrons. The van der Waals surface area contributed by atoms with Gasteiger partial charge >= 0.3 is 11.0 Å². The first-order valence-corrected chi connectivity index (χ1v) is 17.2. The molecule has 8 rings (SSSR count). The molecule has 3 fully saturated rings. The summed E-state index contributed by atoms with van der Waals surface area (Å²) in [5, 5.41) is 3.05. The number of imide groups is 1. The summed E-state index contributed by atoms with van der Waals surface area (Å²) in [7, 11) is 0. The predicted molar refractivity (Wildman–Crippen MR) is 174 cm³/mol. The van der Waals surface area contributed by atoms with Crippen molar-refractivity contribution in [3.8, 4) is 5.75 Å². The lowest BCUT2D eigenvalue weighted by Gasteiger charge is -2.43. The van der Waals surface area contributed by atoms with Gasteiger partial charge in [0.1, 0.15) is 5.75 Å². The Morgan fingerprint density at radius 1 is 0.979 bits per heavy atom. The van der Waals surface area contributed by atoms with Crippen molar-refractivity contribution in [1.82, 2.24) is 4.98 Å². The zero-order valence-corrected chi connectivity index (χ0v) is 27.0. The lowest BCUT2D eigenvalue weighted by atomic mass is 9.68. The van der Waals surface area contributed by atoms with Gasteiger partial charge in [0.25, 0.3) is 5.91 Å². The van der Waals surface area contributed by atoms with E-state index >= 15 is 0 Å². The van der Waals surface area contributed by atoms with Gasteiger partial charge in [-0.1, -0.05) is 53.3 Å². The van der Waals surface area contributed by atoms with Crippen molar-refractivity contribution in [1.29, 1.82) is 0 Å². The van der Waals surface area contributed by atoms with Crippen LogP contribution in [0.1, 0.15) is 33.9 Å². The zero-order chi connectivity index (χ0) is 33.5. The molecule has 1 aromatic heterocycles. The number of para-hydroxylation sites is 1. The third-order valence-electron chi connectivity index (χ3n) is 10.1. The van der Waals surface area contributed by atoms with Crippen molar-refractivity contribution < 1.29 is 32.3 Å². The molecule has 4 aliphatic rings. The number of thiazole rings is 1. The molecule has 1 saturated heterocycles. The number of aromatic nitrogens is 1. The third-order valence-corrected chi connectivity index (χ3v) is 12.7. The van der Waals surface area contributed by atoms with Crippen molar-refractivity contribution >= 4 is 52.2 Å². The molecule has 3 amide bonds. The van der Waals surface area contributed by atoms with Crippen molar-refractivity contribution in [2.45, 2.75) is 35.7 Å². The highest BCUT2D eigenvalue weighted by Gasteiger charge is 2.69. The molecule has 7 atom stereocenters. The summed E-state index contributed by atoms with van der Waals surface area (Å²) in [6, 6.07) is 19.3. The van der Waals surface area contributed by atoms with E-state index in [-0.39, 0.29) is 51.3 Å². The van der Waals surface area contributed by atoms with E-state index in [1.807, 2.05) is 37.3 Å². The van der Waals surface area contributed by atoms with Crippen molar-refractivity contribution in [3.05, 3.63) is 104 Å². The summed E-state index contributed by atoms with van der Waals surface area (Å²) in [4.78, 5) is 58.1. The topological polar surface area (TPSA) is 109 Å². The van der Waals surface area contributed by atoms with E-state index in [1.54, 1.807) is 30.0 Å². The van der Waals surface area contributed by atoms with Crippen LogP contribution < -0.4 is 19.8 Å². The first-order chi connectivity index (χ1) is 23.0. The molecule has 0 radical (unpaired) electrons. The summed E-state index contributed by atoms with van der Waals surface area (Å²) in [5.74, 6) is -2.03. The molecule has 3 aromatic carbocycles. The minimum Gasteiger partial charge on any atom is -0.484 e. The van der Waals surface area contributed by atoms with Crippen LogP contribution in [0.2, 0.25) is 0 Å². The molecule has 48 heavy (non-hydrogen) atoms. The van der Waals surface area contributed by atoms with Gasteiger partial charge in [-0.2, -0.15) is 13.2 Å². The SMILES string of the molecule is Cc1ccc(N2C(=O)C3C(C2=O)[C@@H]2C[C@H]3C3Sc4[nH]c(=O)sc4[C@H](c4cccc(OCC(=O)Nc5ccccc5C(F)(F)F)c4)C32)cc1. The fourth-order valence-electron chi connectivity index (χ4n) is 8.31. The normalized spacial score (nSPS) is 27.1. The van der Waals surface area contributed by atoms with Gasteiger partial charge in [-0.05, 0) is 73.1 Å². The van der Waals surface area contributed by atoms with Gasteiger partial charge in [0.05, 0.1) is 33.8 Å². The summed E-state index contributed by atoms with van der Waals surface area (Å²) >= 11 is 2.72. The second-order valence-electron chi connectivity index (χ2n) is 12.8. The summed E-state index contributed by atoms with van der Waals surface area (Å²) in [6.45, 7) is 1.43. The number of carbonyl (C=O) groups excluding carboxylic acids is 3. The Morgan fingerprint density at radius 2 is 1.71 bits per heavy atom. The number of anilines is 2. The second kappa shape index (κ2) is 11.4. The molecule has 2 aliphatic heterocycles. The van der Waals surface area contributed by atoms with Gasteiger partial charge in [-0.3, -0.25) is 24.1 Å².